The van der Waals surface area contributed by atoms with Crippen LogP contribution >= 0.6 is 11.3 Å². The molecular weight excluding hydrogens is 256 g/mol. The van der Waals surface area contributed by atoms with Crippen LogP contribution in [-0.2, 0) is 11.2 Å². The van der Waals surface area contributed by atoms with Crippen LogP contribution in [-0.4, -0.2) is 23.7 Å². The average molecular weight is 276 g/mol. The van der Waals surface area contributed by atoms with E-state index in [0.717, 1.165) is 36.4 Å². The third-order valence-electron chi connectivity index (χ3n) is 3.66. The largest absolute Gasteiger partial charge is 0.378 e. The Morgan fingerprint density at radius 2 is 2.32 bits per heavy atom. The molecule has 0 bridgehead atoms. The van der Waals surface area contributed by atoms with E-state index in [9.17, 15) is 0 Å². The molecule has 2 aromatic rings. The van der Waals surface area contributed by atoms with E-state index in [1.807, 2.05) is 6.07 Å². The fraction of sp³-hybridized carbons (Fsp3) is 0.533. The lowest BCUT2D eigenvalue weighted by molar-refractivity contribution is 0.101. The van der Waals surface area contributed by atoms with Gasteiger partial charge in [-0.15, -0.1) is 11.3 Å². The summed E-state index contributed by atoms with van der Waals surface area (Å²) in [6.07, 6.45) is 5.85. The van der Waals surface area contributed by atoms with Crippen molar-refractivity contribution in [3.05, 3.63) is 29.3 Å². The minimum atomic E-state index is 0.199. The molecule has 1 aromatic carbocycles. The van der Waals surface area contributed by atoms with Gasteiger partial charge in [0.1, 0.15) is 0 Å². The van der Waals surface area contributed by atoms with Gasteiger partial charge < -0.3 is 10.5 Å². The van der Waals surface area contributed by atoms with Crippen LogP contribution in [0.1, 0.15) is 30.7 Å². The maximum absolute atomic E-state index is 6.22. The lowest BCUT2D eigenvalue weighted by Crippen LogP contribution is -2.24. The van der Waals surface area contributed by atoms with Crippen LogP contribution in [0.4, 0.5) is 0 Å². The van der Waals surface area contributed by atoms with Crippen molar-refractivity contribution in [3.63, 3.8) is 0 Å². The summed E-state index contributed by atoms with van der Waals surface area (Å²) in [6, 6.07) is 8.47. The maximum Gasteiger partial charge on any atom is 0.0954 e. The van der Waals surface area contributed by atoms with E-state index in [4.69, 9.17) is 10.5 Å². The highest BCUT2D eigenvalue weighted by Gasteiger charge is 2.17. The normalized spacial score (nSPS) is 21.0. The van der Waals surface area contributed by atoms with Gasteiger partial charge in [0.15, 0.2) is 0 Å². The zero-order valence-corrected chi connectivity index (χ0v) is 11.9. The molecule has 0 radical (unpaired) electrons. The molecule has 2 unspecified atom stereocenters. The molecule has 0 spiro atoms. The van der Waals surface area contributed by atoms with Crippen molar-refractivity contribution >= 4 is 21.6 Å². The predicted octanol–water partition coefficient (Wildman–Crippen LogP) is 3.13. The summed E-state index contributed by atoms with van der Waals surface area (Å²) in [5.41, 5.74) is 7.31. The Morgan fingerprint density at radius 1 is 1.42 bits per heavy atom. The number of nitrogens with zero attached hydrogens (tertiary/aromatic N) is 1. The van der Waals surface area contributed by atoms with Crippen LogP contribution in [0, 0.1) is 0 Å². The summed E-state index contributed by atoms with van der Waals surface area (Å²) >= 11 is 1.76. The Bertz CT molecular complexity index is 501. The fourth-order valence-corrected chi connectivity index (χ4v) is 3.67. The molecule has 2 atom stereocenters. The van der Waals surface area contributed by atoms with Gasteiger partial charge in [0, 0.05) is 19.1 Å². The Kier molecular flexibility index (Phi) is 4.11. The van der Waals surface area contributed by atoms with Gasteiger partial charge in [-0.2, -0.15) is 0 Å². The van der Waals surface area contributed by atoms with E-state index < -0.39 is 0 Å². The Morgan fingerprint density at radius 3 is 3.11 bits per heavy atom. The van der Waals surface area contributed by atoms with Crippen molar-refractivity contribution in [2.24, 2.45) is 5.73 Å². The number of hydrogen-bond acceptors (Lipinski definition) is 4. The van der Waals surface area contributed by atoms with Crippen LogP contribution in [0.5, 0.6) is 0 Å². The first-order valence-electron chi connectivity index (χ1n) is 7.03. The zero-order valence-electron chi connectivity index (χ0n) is 11.0. The number of nitrogens with two attached hydrogens (primary N) is 1. The zero-order chi connectivity index (χ0) is 13.1. The van der Waals surface area contributed by atoms with Crippen LogP contribution in [0.3, 0.4) is 0 Å². The number of hydrogen-bond donors (Lipinski definition) is 1. The second kappa shape index (κ2) is 5.99. The lowest BCUT2D eigenvalue weighted by Gasteiger charge is -2.13. The van der Waals surface area contributed by atoms with Crippen LogP contribution in [0.2, 0.25) is 0 Å². The van der Waals surface area contributed by atoms with Gasteiger partial charge in [0.2, 0.25) is 0 Å². The average Bonchev–Trinajstić information content (AvgIpc) is 3.04. The topological polar surface area (TPSA) is 48.1 Å². The van der Waals surface area contributed by atoms with Gasteiger partial charge in [-0.1, -0.05) is 12.1 Å². The summed E-state index contributed by atoms with van der Waals surface area (Å²) in [5, 5.41) is 1.15. The standard InChI is InChI=1S/C15H20N2OS/c16-11(7-8-12-4-3-9-18-12)10-15-17-13-5-1-2-6-14(13)19-15/h1-2,5-6,11-12H,3-4,7-10,16H2. The summed E-state index contributed by atoms with van der Waals surface area (Å²) in [4.78, 5) is 4.64. The van der Waals surface area contributed by atoms with Gasteiger partial charge in [0.25, 0.3) is 0 Å². The molecule has 4 heteroatoms. The fourth-order valence-electron chi connectivity index (χ4n) is 2.61. The molecule has 2 heterocycles. The molecule has 0 aliphatic carbocycles. The molecular formula is C15H20N2OS. The number of fused-ring (bicyclic) bond motifs is 1. The van der Waals surface area contributed by atoms with Crippen molar-refractivity contribution in [2.45, 2.75) is 44.2 Å². The van der Waals surface area contributed by atoms with Crippen molar-refractivity contribution in [3.8, 4) is 0 Å². The molecule has 1 aromatic heterocycles. The van der Waals surface area contributed by atoms with Gasteiger partial charge in [0.05, 0.1) is 21.3 Å². The minimum absolute atomic E-state index is 0.199. The lowest BCUT2D eigenvalue weighted by atomic mass is 10.0. The molecule has 3 rings (SSSR count). The van der Waals surface area contributed by atoms with E-state index in [1.54, 1.807) is 11.3 Å². The molecule has 1 aliphatic heterocycles. The van der Waals surface area contributed by atoms with Crippen LogP contribution < -0.4 is 5.73 Å². The van der Waals surface area contributed by atoms with Gasteiger partial charge in [-0.3, -0.25) is 0 Å². The van der Waals surface area contributed by atoms with Gasteiger partial charge >= 0.3 is 0 Å². The first kappa shape index (κ1) is 13.0. The highest BCUT2D eigenvalue weighted by atomic mass is 32.1. The first-order valence-corrected chi connectivity index (χ1v) is 7.84. The van der Waals surface area contributed by atoms with Crippen molar-refractivity contribution in [2.75, 3.05) is 6.61 Å². The van der Waals surface area contributed by atoms with Gasteiger partial charge in [-0.05, 0) is 37.8 Å². The highest BCUT2D eigenvalue weighted by Crippen LogP contribution is 2.23. The molecule has 2 N–H and O–H groups in total. The summed E-state index contributed by atoms with van der Waals surface area (Å²) in [6.45, 7) is 0.928. The Balaban J connectivity index is 1.54. The van der Waals surface area contributed by atoms with E-state index in [1.165, 1.54) is 17.5 Å². The third kappa shape index (κ3) is 3.32. The minimum Gasteiger partial charge on any atom is -0.378 e. The second-order valence-electron chi connectivity index (χ2n) is 5.25. The first-order chi connectivity index (χ1) is 9.31. The maximum atomic E-state index is 6.22. The SMILES string of the molecule is NC(CCC1CCCO1)Cc1nc2ccccc2s1. The van der Waals surface area contributed by atoms with Crippen molar-refractivity contribution < 1.29 is 4.74 Å². The van der Waals surface area contributed by atoms with Crippen LogP contribution in [0.15, 0.2) is 24.3 Å². The molecule has 1 aliphatic rings. The molecule has 3 nitrogen and oxygen atoms in total. The molecule has 1 saturated heterocycles. The molecule has 0 amide bonds. The Labute approximate surface area is 117 Å². The number of rotatable bonds is 5. The number of thiazole rings is 1. The highest BCUT2D eigenvalue weighted by molar-refractivity contribution is 7.18. The van der Waals surface area contributed by atoms with Crippen LogP contribution in [0.25, 0.3) is 10.2 Å². The van der Waals surface area contributed by atoms with Crippen molar-refractivity contribution in [1.82, 2.24) is 4.98 Å². The van der Waals surface area contributed by atoms with Gasteiger partial charge in [-0.25, -0.2) is 4.98 Å². The summed E-state index contributed by atoms with van der Waals surface area (Å²) < 4.78 is 6.89. The second-order valence-corrected chi connectivity index (χ2v) is 6.37. The summed E-state index contributed by atoms with van der Waals surface area (Å²) in [5.74, 6) is 0. The third-order valence-corrected chi connectivity index (χ3v) is 4.72. The quantitative estimate of drug-likeness (QED) is 0.912. The molecule has 102 valence electrons. The molecule has 19 heavy (non-hydrogen) atoms. The smallest absolute Gasteiger partial charge is 0.0954 e. The van der Waals surface area contributed by atoms with E-state index in [0.29, 0.717) is 6.10 Å². The van der Waals surface area contributed by atoms with E-state index >= 15 is 0 Å². The van der Waals surface area contributed by atoms with E-state index in [-0.39, 0.29) is 6.04 Å². The number of para-hydroxylation sites is 1. The number of benzene rings is 1. The van der Waals surface area contributed by atoms with E-state index in [2.05, 4.69) is 23.2 Å². The molecule has 0 saturated carbocycles. The summed E-state index contributed by atoms with van der Waals surface area (Å²) in [7, 11) is 0. The predicted molar refractivity (Wildman–Crippen MR) is 79.5 cm³/mol. The number of aromatic nitrogens is 1. The monoisotopic (exact) mass is 276 g/mol. The Hall–Kier alpha value is -0.970. The van der Waals surface area contributed by atoms with Crippen molar-refractivity contribution in [1.29, 1.82) is 0 Å². The number of ether oxygens (including phenoxy) is 1. The molecule has 1 fully saturated rings.